The number of aryl methyl sites for hydroxylation is 1. The number of anilines is 1. The fourth-order valence-electron chi connectivity index (χ4n) is 2.24. The third-order valence-corrected chi connectivity index (χ3v) is 4.27. The first-order valence-electron chi connectivity index (χ1n) is 6.00. The molecule has 4 heteroatoms. The average Bonchev–Trinajstić information content (AvgIpc) is 2.67. The number of morpholine rings is 1. The highest BCUT2D eigenvalue weighted by Crippen LogP contribution is 2.29. The maximum absolute atomic E-state index is 11.2. The van der Waals surface area contributed by atoms with Crippen molar-refractivity contribution < 1.29 is 9.53 Å². The molecule has 1 fully saturated rings. The summed E-state index contributed by atoms with van der Waals surface area (Å²) in [4.78, 5) is 13.6. The average molecular weight is 253 g/mol. The zero-order chi connectivity index (χ0) is 12.4. The van der Waals surface area contributed by atoms with Crippen LogP contribution in [0.4, 0.5) is 5.00 Å². The maximum Gasteiger partial charge on any atom is 0.132 e. The Labute approximate surface area is 106 Å². The van der Waals surface area contributed by atoms with Crippen LogP contribution < -0.4 is 4.90 Å². The van der Waals surface area contributed by atoms with E-state index in [0.29, 0.717) is 13.0 Å². The molecule has 0 bridgehead atoms. The SMILES string of the molecule is CC(=O)CC1OCCN(c2cc(C)cs2)C1C. The predicted molar refractivity (Wildman–Crippen MR) is 70.9 cm³/mol. The molecule has 0 spiro atoms. The van der Waals surface area contributed by atoms with Crippen LogP contribution in [0.3, 0.4) is 0 Å². The van der Waals surface area contributed by atoms with Crippen molar-refractivity contribution in [1.82, 2.24) is 0 Å². The fourth-order valence-corrected chi connectivity index (χ4v) is 3.26. The minimum Gasteiger partial charge on any atom is -0.374 e. The smallest absolute Gasteiger partial charge is 0.132 e. The molecular weight excluding hydrogens is 234 g/mol. The van der Waals surface area contributed by atoms with Gasteiger partial charge in [-0.05, 0) is 37.8 Å². The highest BCUT2D eigenvalue weighted by molar-refractivity contribution is 7.14. The van der Waals surface area contributed by atoms with E-state index in [2.05, 4.69) is 30.2 Å². The molecule has 0 saturated carbocycles. The first-order chi connectivity index (χ1) is 8.08. The summed E-state index contributed by atoms with van der Waals surface area (Å²) in [7, 11) is 0. The Bertz CT molecular complexity index is 402. The number of hydrogen-bond donors (Lipinski definition) is 0. The van der Waals surface area contributed by atoms with Crippen LogP contribution in [0.15, 0.2) is 11.4 Å². The number of ether oxygens (including phenoxy) is 1. The number of hydrogen-bond acceptors (Lipinski definition) is 4. The molecule has 17 heavy (non-hydrogen) atoms. The van der Waals surface area contributed by atoms with E-state index < -0.39 is 0 Å². The fraction of sp³-hybridized carbons (Fsp3) is 0.615. The van der Waals surface area contributed by atoms with Gasteiger partial charge in [-0.25, -0.2) is 0 Å². The third kappa shape index (κ3) is 2.87. The molecule has 1 aromatic heterocycles. The monoisotopic (exact) mass is 253 g/mol. The van der Waals surface area contributed by atoms with Gasteiger partial charge in [0.2, 0.25) is 0 Å². The lowest BCUT2D eigenvalue weighted by atomic mass is 10.0. The van der Waals surface area contributed by atoms with Crippen molar-refractivity contribution in [2.45, 2.75) is 39.3 Å². The molecule has 1 aliphatic heterocycles. The Kier molecular flexibility index (Phi) is 3.84. The molecule has 1 aromatic rings. The minimum atomic E-state index is 0.0312. The summed E-state index contributed by atoms with van der Waals surface area (Å²) in [6.45, 7) is 7.50. The van der Waals surface area contributed by atoms with E-state index in [1.165, 1.54) is 10.6 Å². The Balaban J connectivity index is 2.10. The second-order valence-electron chi connectivity index (χ2n) is 4.71. The van der Waals surface area contributed by atoms with Crippen molar-refractivity contribution in [3.05, 3.63) is 17.0 Å². The van der Waals surface area contributed by atoms with E-state index in [4.69, 9.17) is 4.74 Å². The van der Waals surface area contributed by atoms with Crippen molar-refractivity contribution >= 4 is 22.1 Å². The predicted octanol–water partition coefficient (Wildman–Crippen LogP) is 2.63. The molecule has 0 aliphatic carbocycles. The molecule has 0 amide bonds. The maximum atomic E-state index is 11.2. The van der Waals surface area contributed by atoms with Gasteiger partial charge >= 0.3 is 0 Å². The molecule has 0 radical (unpaired) electrons. The third-order valence-electron chi connectivity index (χ3n) is 3.18. The van der Waals surface area contributed by atoms with E-state index in [-0.39, 0.29) is 17.9 Å². The largest absolute Gasteiger partial charge is 0.374 e. The number of carbonyl (C=O) groups is 1. The quantitative estimate of drug-likeness (QED) is 0.829. The summed E-state index contributed by atoms with van der Waals surface area (Å²) in [5.41, 5.74) is 1.30. The summed E-state index contributed by atoms with van der Waals surface area (Å²) < 4.78 is 5.70. The van der Waals surface area contributed by atoms with E-state index >= 15 is 0 Å². The van der Waals surface area contributed by atoms with Gasteiger partial charge < -0.3 is 9.64 Å². The Morgan fingerprint density at radius 1 is 1.65 bits per heavy atom. The number of carbonyl (C=O) groups excluding carboxylic acids is 1. The van der Waals surface area contributed by atoms with Gasteiger partial charge in [0.15, 0.2) is 0 Å². The lowest BCUT2D eigenvalue weighted by Crippen LogP contribution is -2.50. The summed E-state index contributed by atoms with van der Waals surface area (Å²) in [5, 5.41) is 3.45. The van der Waals surface area contributed by atoms with E-state index in [9.17, 15) is 4.79 Å². The van der Waals surface area contributed by atoms with Crippen molar-refractivity contribution in [2.75, 3.05) is 18.1 Å². The first-order valence-corrected chi connectivity index (χ1v) is 6.88. The molecule has 1 saturated heterocycles. The summed E-state index contributed by atoms with van der Waals surface area (Å²) in [5.74, 6) is 0.200. The second kappa shape index (κ2) is 5.19. The lowest BCUT2D eigenvalue weighted by Gasteiger charge is -2.39. The zero-order valence-electron chi connectivity index (χ0n) is 10.6. The van der Waals surface area contributed by atoms with Gasteiger partial charge in [-0.3, -0.25) is 4.79 Å². The van der Waals surface area contributed by atoms with Crippen LogP contribution in [0.5, 0.6) is 0 Å². The molecule has 94 valence electrons. The van der Waals surface area contributed by atoms with Crippen LogP contribution in [0.1, 0.15) is 25.8 Å². The summed E-state index contributed by atoms with van der Waals surface area (Å²) in [6.07, 6.45) is 0.547. The van der Waals surface area contributed by atoms with Gasteiger partial charge in [0, 0.05) is 13.0 Å². The molecule has 1 aliphatic rings. The topological polar surface area (TPSA) is 29.5 Å². The molecule has 2 rings (SSSR count). The van der Waals surface area contributed by atoms with Crippen LogP contribution in [0.2, 0.25) is 0 Å². The van der Waals surface area contributed by atoms with Crippen molar-refractivity contribution in [2.24, 2.45) is 0 Å². The van der Waals surface area contributed by atoms with E-state index in [1.54, 1.807) is 18.3 Å². The standard InChI is InChI=1S/C13H19NO2S/c1-9-6-13(17-8-9)14-4-5-16-12(11(14)3)7-10(2)15/h6,8,11-12H,4-5,7H2,1-3H3. The number of Topliss-reactive ketones (excluding diaryl/α,β-unsaturated/α-hetero) is 1. The number of rotatable bonds is 3. The minimum absolute atomic E-state index is 0.0312. The van der Waals surface area contributed by atoms with Crippen LogP contribution in [0.25, 0.3) is 0 Å². The Hall–Kier alpha value is -0.870. The van der Waals surface area contributed by atoms with Crippen LogP contribution in [-0.4, -0.2) is 31.1 Å². The second-order valence-corrected chi connectivity index (χ2v) is 5.60. The summed E-state index contributed by atoms with van der Waals surface area (Å²) in [6, 6.07) is 2.47. The van der Waals surface area contributed by atoms with Gasteiger partial charge in [-0.2, -0.15) is 0 Å². The Morgan fingerprint density at radius 2 is 2.41 bits per heavy atom. The molecular formula is C13H19NO2S. The van der Waals surface area contributed by atoms with Crippen LogP contribution in [-0.2, 0) is 9.53 Å². The molecule has 0 N–H and O–H groups in total. The Morgan fingerprint density at radius 3 is 3.00 bits per heavy atom. The van der Waals surface area contributed by atoms with Gasteiger partial charge in [-0.1, -0.05) is 0 Å². The van der Waals surface area contributed by atoms with Crippen molar-refractivity contribution in [3.63, 3.8) is 0 Å². The highest BCUT2D eigenvalue weighted by atomic mass is 32.1. The van der Waals surface area contributed by atoms with Gasteiger partial charge in [0.25, 0.3) is 0 Å². The highest BCUT2D eigenvalue weighted by Gasteiger charge is 2.30. The van der Waals surface area contributed by atoms with Crippen LogP contribution >= 0.6 is 11.3 Å². The normalized spacial score (nSPS) is 25.0. The van der Waals surface area contributed by atoms with Gasteiger partial charge in [0.1, 0.15) is 5.78 Å². The van der Waals surface area contributed by atoms with Crippen molar-refractivity contribution in [1.29, 1.82) is 0 Å². The van der Waals surface area contributed by atoms with Crippen LogP contribution in [0, 0.1) is 6.92 Å². The zero-order valence-corrected chi connectivity index (χ0v) is 11.4. The van der Waals surface area contributed by atoms with Gasteiger partial charge in [-0.15, -0.1) is 11.3 Å². The number of thiophene rings is 1. The van der Waals surface area contributed by atoms with E-state index in [1.807, 2.05) is 0 Å². The summed E-state index contributed by atoms with van der Waals surface area (Å²) >= 11 is 1.77. The number of ketones is 1. The molecule has 2 unspecified atom stereocenters. The first kappa shape index (κ1) is 12.6. The molecule has 3 nitrogen and oxygen atoms in total. The molecule has 0 aromatic carbocycles. The van der Waals surface area contributed by atoms with E-state index in [0.717, 1.165) is 6.54 Å². The molecule has 2 atom stereocenters. The van der Waals surface area contributed by atoms with Crippen molar-refractivity contribution in [3.8, 4) is 0 Å². The number of nitrogens with zero attached hydrogens (tertiary/aromatic N) is 1. The molecule has 2 heterocycles. The lowest BCUT2D eigenvalue weighted by molar-refractivity contribution is -0.120. The van der Waals surface area contributed by atoms with Gasteiger partial charge in [0.05, 0.1) is 23.8 Å².